The zero-order chi connectivity index (χ0) is 16.5. The van der Waals surface area contributed by atoms with Gasteiger partial charge in [0.1, 0.15) is 5.69 Å². The monoisotopic (exact) mass is 325 g/mol. The second kappa shape index (κ2) is 6.09. The summed E-state index contributed by atoms with van der Waals surface area (Å²) >= 11 is 0. The van der Waals surface area contributed by atoms with E-state index in [0.717, 1.165) is 18.5 Å². The number of hydrogen-bond donors (Lipinski definition) is 2. The Balaban J connectivity index is 1.41. The smallest absolute Gasteiger partial charge is 0.270 e. The maximum atomic E-state index is 12.4. The first-order chi connectivity index (χ1) is 11.7. The lowest BCUT2D eigenvalue weighted by molar-refractivity contribution is 0.0868. The fraction of sp³-hybridized carbons (Fsp3) is 0.353. The highest BCUT2D eigenvalue weighted by Crippen LogP contribution is 2.27. The molecule has 3 heterocycles. The normalized spacial score (nSPS) is 23.6. The van der Waals surface area contributed by atoms with Gasteiger partial charge in [-0.2, -0.15) is 5.10 Å². The third-order valence-corrected chi connectivity index (χ3v) is 4.60. The largest absolute Gasteiger partial charge is 0.391 e. The number of nitrogens with zero attached hydrogens (tertiary/aromatic N) is 4. The Morgan fingerprint density at radius 3 is 3.08 bits per heavy atom. The molecule has 0 bridgehead atoms. The molecule has 7 nitrogen and oxygen atoms in total. The van der Waals surface area contributed by atoms with E-state index in [1.54, 1.807) is 18.6 Å². The minimum atomic E-state index is -0.536. The van der Waals surface area contributed by atoms with E-state index in [9.17, 15) is 9.90 Å². The van der Waals surface area contributed by atoms with E-state index in [0.29, 0.717) is 18.0 Å². The standard InChI is InChI=1S/C17H19N5O2/c23-16-8-12(10-22-6-2-4-19-22)7-14(16)20-17(24)15-9-13-3-1-5-21(13)11-18-15/h1-6,9,11-12,14,16,23H,7-8,10H2,(H,20,24)/t12?,14-,16-/m1/s1. The molecule has 3 atom stereocenters. The van der Waals surface area contributed by atoms with E-state index >= 15 is 0 Å². The molecule has 1 saturated carbocycles. The van der Waals surface area contributed by atoms with Gasteiger partial charge >= 0.3 is 0 Å². The molecule has 2 N–H and O–H groups in total. The number of rotatable bonds is 4. The van der Waals surface area contributed by atoms with Crippen LogP contribution in [-0.4, -0.2) is 42.3 Å². The van der Waals surface area contributed by atoms with Gasteiger partial charge in [-0.05, 0) is 43.0 Å². The van der Waals surface area contributed by atoms with Crippen LogP contribution < -0.4 is 5.32 Å². The van der Waals surface area contributed by atoms with Crippen molar-refractivity contribution in [2.75, 3.05) is 0 Å². The predicted octanol–water partition coefficient (Wildman–Crippen LogP) is 1.10. The van der Waals surface area contributed by atoms with E-state index < -0.39 is 6.10 Å². The average molecular weight is 325 g/mol. The van der Waals surface area contributed by atoms with Crippen molar-refractivity contribution in [2.45, 2.75) is 31.5 Å². The van der Waals surface area contributed by atoms with Gasteiger partial charge in [-0.25, -0.2) is 4.98 Å². The summed E-state index contributed by atoms with van der Waals surface area (Å²) in [5, 5.41) is 17.4. The lowest BCUT2D eigenvalue weighted by Crippen LogP contribution is -2.40. The lowest BCUT2D eigenvalue weighted by atomic mass is 10.1. The molecule has 124 valence electrons. The molecule has 0 spiro atoms. The van der Waals surface area contributed by atoms with Crippen molar-refractivity contribution >= 4 is 11.4 Å². The van der Waals surface area contributed by atoms with Gasteiger partial charge in [0.15, 0.2) is 0 Å². The molecule has 1 unspecified atom stereocenters. The zero-order valence-corrected chi connectivity index (χ0v) is 13.1. The molecular weight excluding hydrogens is 306 g/mol. The first-order valence-corrected chi connectivity index (χ1v) is 8.08. The highest BCUT2D eigenvalue weighted by molar-refractivity contribution is 5.93. The SMILES string of the molecule is O=C(N[C@@H]1CC(Cn2cccn2)C[C@H]1O)c1cc2cccn2cn1. The number of carbonyl (C=O) groups is 1. The number of carbonyl (C=O) groups excluding carboxylic acids is 1. The molecule has 24 heavy (non-hydrogen) atoms. The quantitative estimate of drug-likeness (QED) is 0.752. The van der Waals surface area contributed by atoms with Crippen LogP contribution in [0.1, 0.15) is 23.3 Å². The van der Waals surface area contributed by atoms with Gasteiger partial charge in [-0.1, -0.05) is 0 Å². The van der Waals surface area contributed by atoms with Crippen molar-refractivity contribution in [2.24, 2.45) is 5.92 Å². The van der Waals surface area contributed by atoms with E-state index in [1.807, 2.05) is 39.7 Å². The van der Waals surface area contributed by atoms with Crippen LogP contribution >= 0.6 is 0 Å². The molecule has 1 amide bonds. The average Bonchev–Trinajstić information content (AvgIpc) is 3.29. The van der Waals surface area contributed by atoms with Crippen molar-refractivity contribution in [3.05, 3.63) is 54.9 Å². The Labute approximate surface area is 138 Å². The number of nitrogens with one attached hydrogen (secondary N) is 1. The number of fused-ring (bicyclic) bond motifs is 1. The van der Waals surface area contributed by atoms with Crippen molar-refractivity contribution in [1.82, 2.24) is 24.5 Å². The highest BCUT2D eigenvalue weighted by Gasteiger charge is 2.34. The predicted molar refractivity (Wildman–Crippen MR) is 87.4 cm³/mol. The molecule has 7 heteroatoms. The number of hydrogen-bond acceptors (Lipinski definition) is 4. The van der Waals surface area contributed by atoms with Crippen molar-refractivity contribution < 1.29 is 9.90 Å². The molecule has 0 saturated heterocycles. The van der Waals surface area contributed by atoms with E-state index in [1.165, 1.54) is 0 Å². The van der Waals surface area contributed by atoms with E-state index in [2.05, 4.69) is 15.4 Å². The Bertz CT molecular complexity index is 842. The number of aromatic nitrogens is 4. The van der Waals surface area contributed by atoms with Gasteiger partial charge < -0.3 is 14.8 Å². The van der Waals surface area contributed by atoms with Crippen LogP contribution in [-0.2, 0) is 6.54 Å². The number of aliphatic hydroxyl groups excluding tert-OH is 1. The van der Waals surface area contributed by atoms with E-state index in [-0.39, 0.29) is 11.9 Å². The van der Waals surface area contributed by atoms with Gasteiger partial charge in [0.2, 0.25) is 0 Å². The van der Waals surface area contributed by atoms with Gasteiger partial charge in [-0.3, -0.25) is 9.48 Å². The van der Waals surface area contributed by atoms with Crippen LogP contribution in [0.3, 0.4) is 0 Å². The number of amides is 1. The van der Waals surface area contributed by atoms with Crippen LogP contribution in [0.15, 0.2) is 49.2 Å². The summed E-state index contributed by atoms with van der Waals surface area (Å²) in [5.74, 6) is 0.0498. The molecule has 3 aromatic heterocycles. The van der Waals surface area contributed by atoms with Crippen molar-refractivity contribution in [3.8, 4) is 0 Å². The highest BCUT2D eigenvalue weighted by atomic mass is 16.3. The van der Waals surface area contributed by atoms with Crippen molar-refractivity contribution in [1.29, 1.82) is 0 Å². The van der Waals surface area contributed by atoms with E-state index in [4.69, 9.17) is 0 Å². The first kappa shape index (κ1) is 14.9. The third kappa shape index (κ3) is 2.90. The molecule has 1 fully saturated rings. The molecule has 3 aromatic rings. The van der Waals surface area contributed by atoms with Gasteiger partial charge in [0.25, 0.3) is 5.91 Å². The van der Waals surface area contributed by atoms with Crippen LogP contribution in [0, 0.1) is 5.92 Å². The summed E-state index contributed by atoms with van der Waals surface area (Å²) in [6.45, 7) is 0.755. The van der Waals surface area contributed by atoms with Crippen LogP contribution in [0.4, 0.5) is 0 Å². The Morgan fingerprint density at radius 1 is 1.33 bits per heavy atom. The molecule has 1 aliphatic carbocycles. The topological polar surface area (TPSA) is 84.5 Å². The van der Waals surface area contributed by atoms with Gasteiger partial charge in [-0.15, -0.1) is 0 Å². The molecule has 0 aromatic carbocycles. The lowest BCUT2D eigenvalue weighted by Gasteiger charge is -2.16. The first-order valence-electron chi connectivity index (χ1n) is 8.08. The number of aliphatic hydroxyl groups is 1. The summed E-state index contributed by atoms with van der Waals surface area (Å²) < 4.78 is 3.71. The van der Waals surface area contributed by atoms with Crippen LogP contribution in [0.5, 0.6) is 0 Å². The zero-order valence-electron chi connectivity index (χ0n) is 13.1. The molecule has 0 aliphatic heterocycles. The van der Waals surface area contributed by atoms with Gasteiger partial charge in [0.05, 0.1) is 18.5 Å². The summed E-state index contributed by atoms with van der Waals surface area (Å²) in [6, 6.07) is 7.21. The Hall–Kier alpha value is -2.67. The summed E-state index contributed by atoms with van der Waals surface area (Å²) in [6.07, 6.45) is 8.02. The van der Waals surface area contributed by atoms with Crippen LogP contribution in [0.25, 0.3) is 5.52 Å². The Kier molecular flexibility index (Phi) is 3.78. The molecule has 0 radical (unpaired) electrons. The Morgan fingerprint density at radius 2 is 2.25 bits per heavy atom. The molecular formula is C17H19N5O2. The minimum Gasteiger partial charge on any atom is -0.391 e. The van der Waals surface area contributed by atoms with Crippen LogP contribution in [0.2, 0.25) is 0 Å². The maximum absolute atomic E-state index is 12.4. The fourth-order valence-electron chi connectivity index (χ4n) is 3.40. The molecule has 4 rings (SSSR count). The third-order valence-electron chi connectivity index (χ3n) is 4.60. The maximum Gasteiger partial charge on any atom is 0.270 e. The summed E-state index contributed by atoms with van der Waals surface area (Å²) in [4.78, 5) is 16.6. The summed E-state index contributed by atoms with van der Waals surface area (Å²) in [7, 11) is 0. The minimum absolute atomic E-state index is 0.247. The molecule has 1 aliphatic rings. The van der Waals surface area contributed by atoms with Gasteiger partial charge in [0, 0.05) is 30.7 Å². The second-order valence-electron chi connectivity index (χ2n) is 6.33. The fourth-order valence-corrected chi connectivity index (χ4v) is 3.40. The second-order valence-corrected chi connectivity index (χ2v) is 6.33. The van der Waals surface area contributed by atoms with Crippen molar-refractivity contribution in [3.63, 3.8) is 0 Å². The summed E-state index contributed by atoms with van der Waals surface area (Å²) in [5.41, 5.74) is 1.28.